The topological polar surface area (TPSA) is 68.3 Å². The molecule has 8 heteroatoms. The van der Waals surface area contributed by atoms with Gasteiger partial charge in [0.2, 0.25) is 5.76 Å². The van der Waals surface area contributed by atoms with Crippen LogP contribution in [0, 0.1) is 13.8 Å². The predicted molar refractivity (Wildman–Crippen MR) is 128 cm³/mol. The van der Waals surface area contributed by atoms with Crippen molar-refractivity contribution in [2.24, 2.45) is 0 Å². The first kappa shape index (κ1) is 21.7. The quantitative estimate of drug-likeness (QED) is 0.374. The van der Waals surface area contributed by atoms with Crippen molar-refractivity contribution in [2.45, 2.75) is 32.9 Å². The lowest BCUT2D eigenvalue weighted by Crippen LogP contribution is -2.31. The Balaban J connectivity index is 1.64. The first-order chi connectivity index (χ1) is 15.8. The number of aryl methyl sites for hydroxylation is 3. The minimum absolute atomic E-state index is 0.0921. The molecule has 2 aromatic heterocycles. The molecule has 0 aliphatic carbocycles. The largest absolute Gasteiger partial charge is 0.450 e. The third-order valence-corrected chi connectivity index (χ3v) is 6.95. The van der Waals surface area contributed by atoms with Gasteiger partial charge in [0.15, 0.2) is 5.43 Å². The van der Waals surface area contributed by atoms with E-state index in [0.717, 1.165) is 16.7 Å². The molecule has 6 nitrogen and oxygen atoms in total. The van der Waals surface area contributed by atoms with Crippen LogP contribution in [0.3, 0.4) is 0 Å². The van der Waals surface area contributed by atoms with E-state index in [9.17, 15) is 9.59 Å². The van der Waals surface area contributed by atoms with Crippen LogP contribution in [-0.4, -0.2) is 26.9 Å². The highest BCUT2D eigenvalue weighted by molar-refractivity contribution is 6.42. The second-order valence-corrected chi connectivity index (χ2v) is 9.15. The number of benzene rings is 2. The average Bonchev–Trinajstić information content (AvgIpc) is 3.39. The van der Waals surface area contributed by atoms with Crippen LogP contribution in [0.5, 0.6) is 0 Å². The third kappa shape index (κ3) is 3.73. The Morgan fingerprint density at radius 1 is 1.03 bits per heavy atom. The van der Waals surface area contributed by atoms with Gasteiger partial charge in [-0.15, -0.1) is 0 Å². The van der Waals surface area contributed by atoms with Gasteiger partial charge in [0.25, 0.3) is 5.91 Å². The van der Waals surface area contributed by atoms with Crippen LogP contribution in [0.4, 0.5) is 0 Å². The van der Waals surface area contributed by atoms with E-state index in [0.29, 0.717) is 46.1 Å². The zero-order chi connectivity index (χ0) is 23.3. The Kier molecular flexibility index (Phi) is 5.51. The fraction of sp³-hybridized carbons (Fsp3) is 0.240. The number of amides is 1. The molecule has 0 spiro atoms. The molecule has 5 rings (SSSR count). The second kappa shape index (κ2) is 8.36. The SMILES string of the molecule is Cc1cc2oc3c(c(=O)c2cc1C)[C@@H](c1ccc(Cl)c(Cl)c1)N(CCCn1ccnc1)C3=O. The normalized spacial score (nSPS) is 15.5. The van der Waals surface area contributed by atoms with Gasteiger partial charge in [-0.05, 0) is 61.2 Å². The van der Waals surface area contributed by atoms with Crippen molar-refractivity contribution in [3.63, 3.8) is 0 Å². The first-order valence-electron chi connectivity index (χ1n) is 10.6. The molecule has 0 saturated carbocycles. The Morgan fingerprint density at radius 2 is 1.82 bits per heavy atom. The Bertz CT molecular complexity index is 1440. The number of nitrogens with zero attached hydrogens (tertiary/aromatic N) is 3. The fourth-order valence-corrected chi connectivity index (χ4v) is 4.68. The number of fused-ring (bicyclic) bond motifs is 2. The molecule has 0 radical (unpaired) electrons. The van der Waals surface area contributed by atoms with Crippen LogP contribution in [0.15, 0.2) is 58.3 Å². The molecule has 0 fully saturated rings. The molecule has 1 aliphatic heterocycles. The van der Waals surface area contributed by atoms with Crippen LogP contribution in [0.1, 0.15) is 45.3 Å². The smallest absolute Gasteiger partial charge is 0.290 e. The number of aromatic nitrogens is 2. The van der Waals surface area contributed by atoms with Gasteiger partial charge in [-0.3, -0.25) is 9.59 Å². The van der Waals surface area contributed by atoms with Gasteiger partial charge in [0.05, 0.1) is 33.4 Å². The summed E-state index contributed by atoms with van der Waals surface area (Å²) >= 11 is 12.4. The minimum atomic E-state index is -0.604. The molecule has 1 amide bonds. The number of hydrogen-bond acceptors (Lipinski definition) is 4. The summed E-state index contributed by atoms with van der Waals surface area (Å²) in [5, 5.41) is 1.24. The summed E-state index contributed by atoms with van der Waals surface area (Å²) in [6, 6.07) is 8.23. The molecule has 168 valence electrons. The van der Waals surface area contributed by atoms with E-state index >= 15 is 0 Å². The number of carbonyl (C=O) groups excluding carboxylic acids is 1. The molecule has 0 unspecified atom stereocenters. The lowest BCUT2D eigenvalue weighted by Gasteiger charge is -2.25. The molecule has 0 N–H and O–H groups in total. The zero-order valence-corrected chi connectivity index (χ0v) is 19.7. The molecule has 1 aliphatic rings. The number of hydrogen-bond donors (Lipinski definition) is 0. The van der Waals surface area contributed by atoms with Gasteiger partial charge >= 0.3 is 0 Å². The second-order valence-electron chi connectivity index (χ2n) is 8.34. The van der Waals surface area contributed by atoms with Crippen molar-refractivity contribution in [2.75, 3.05) is 6.54 Å². The highest BCUT2D eigenvalue weighted by Crippen LogP contribution is 2.40. The predicted octanol–water partition coefficient (Wildman–Crippen LogP) is 5.55. The van der Waals surface area contributed by atoms with Crippen LogP contribution >= 0.6 is 23.2 Å². The maximum absolute atomic E-state index is 13.7. The van der Waals surface area contributed by atoms with Crippen molar-refractivity contribution in [1.29, 1.82) is 0 Å². The summed E-state index contributed by atoms with van der Waals surface area (Å²) in [5.41, 5.74) is 3.27. The van der Waals surface area contributed by atoms with Gasteiger partial charge in [-0.25, -0.2) is 4.98 Å². The summed E-state index contributed by atoms with van der Waals surface area (Å²) in [7, 11) is 0. The monoisotopic (exact) mass is 481 g/mol. The van der Waals surface area contributed by atoms with Gasteiger partial charge in [-0.2, -0.15) is 0 Å². The van der Waals surface area contributed by atoms with E-state index in [1.54, 1.807) is 35.6 Å². The fourth-order valence-electron chi connectivity index (χ4n) is 4.38. The maximum atomic E-state index is 13.7. The van der Waals surface area contributed by atoms with Gasteiger partial charge in [0.1, 0.15) is 5.58 Å². The summed E-state index contributed by atoms with van der Waals surface area (Å²) in [6.45, 7) is 5.02. The van der Waals surface area contributed by atoms with Crippen molar-refractivity contribution >= 4 is 40.1 Å². The Labute approximate surface area is 200 Å². The molecule has 4 aromatic rings. The molecule has 33 heavy (non-hydrogen) atoms. The average molecular weight is 482 g/mol. The Morgan fingerprint density at radius 3 is 2.55 bits per heavy atom. The molecular formula is C25H21Cl2N3O3. The first-order valence-corrected chi connectivity index (χ1v) is 11.4. The zero-order valence-electron chi connectivity index (χ0n) is 18.1. The standard InChI is InChI=1S/C25H21Cl2N3O3/c1-14-10-17-20(11-15(14)2)33-24-21(23(17)31)22(16-4-5-18(26)19(27)12-16)30(25(24)32)8-3-7-29-9-6-28-13-29/h4-6,9-13,22H,3,7-8H2,1-2H3/t22-/m1/s1. The number of rotatable bonds is 5. The van der Waals surface area contributed by atoms with E-state index in [2.05, 4.69) is 4.98 Å². The van der Waals surface area contributed by atoms with Crippen LogP contribution in [0.25, 0.3) is 11.0 Å². The van der Waals surface area contributed by atoms with E-state index in [4.69, 9.17) is 27.6 Å². The van der Waals surface area contributed by atoms with Crippen LogP contribution in [0.2, 0.25) is 10.0 Å². The van der Waals surface area contributed by atoms with Crippen LogP contribution in [-0.2, 0) is 6.54 Å². The van der Waals surface area contributed by atoms with Crippen molar-refractivity contribution in [3.8, 4) is 0 Å². The molecule has 3 heterocycles. The summed E-state index contributed by atoms with van der Waals surface area (Å²) in [4.78, 5) is 32.9. The van der Waals surface area contributed by atoms with Crippen molar-refractivity contribution < 1.29 is 9.21 Å². The molecule has 1 atom stereocenters. The highest BCUT2D eigenvalue weighted by Gasteiger charge is 2.42. The van der Waals surface area contributed by atoms with E-state index in [1.165, 1.54) is 0 Å². The third-order valence-electron chi connectivity index (χ3n) is 6.22. The van der Waals surface area contributed by atoms with Gasteiger partial charge in [-0.1, -0.05) is 29.3 Å². The molecule has 2 aromatic carbocycles. The minimum Gasteiger partial charge on any atom is -0.450 e. The summed E-state index contributed by atoms with van der Waals surface area (Å²) < 4.78 is 8.01. The Hall–Kier alpha value is -3.09. The van der Waals surface area contributed by atoms with Gasteiger partial charge < -0.3 is 13.9 Å². The number of carbonyl (C=O) groups is 1. The number of imidazole rings is 1. The maximum Gasteiger partial charge on any atom is 0.290 e. The van der Waals surface area contributed by atoms with E-state index < -0.39 is 6.04 Å². The summed E-state index contributed by atoms with van der Waals surface area (Å²) in [6.07, 6.45) is 6.01. The molecular weight excluding hydrogens is 461 g/mol. The summed E-state index contributed by atoms with van der Waals surface area (Å²) in [5.74, 6) is -0.210. The number of halogens is 2. The van der Waals surface area contributed by atoms with Gasteiger partial charge in [0, 0.05) is 25.5 Å². The molecule has 0 saturated heterocycles. The van der Waals surface area contributed by atoms with E-state index in [1.807, 2.05) is 36.7 Å². The lowest BCUT2D eigenvalue weighted by molar-refractivity contribution is 0.0723. The highest BCUT2D eigenvalue weighted by atomic mass is 35.5. The van der Waals surface area contributed by atoms with Crippen molar-refractivity contribution in [1.82, 2.24) is 14.5 Å². The van der Waals surface area contributed by atoms with Crippen molar-refractivity contribution in [3.05, 3.63) is 97.3 Å². The lowest BCUT2D eigenvalue weighted by atomic mass is 9.97. The van der Waals surface area contributed by atoms with E-state index in [-0.39, 0.29) is 17.1 Å². The van der Waals surface area contributed by atoms with Crippen LogP contribution < -0.4 is 5.43 Å². The molecule has 0 bridgehead atoms.